The zero-order chi connectivity index (χ0) is 12.1. The van der Waals surface area contributed by atoms with Gasteiger partial charge < -0.3 is 9.88 Å². The van der Waals surface area contributed by atoms with Crippen LogP contribution in [0.5, 0.6) is 0 Å². The first kappa shape index (κ1) is 12.7. The zero-order valence-corrected chi connectivity index (χ0v) is 11.3. The van der Waals surface area contributed by atoms with Gasteiger partial charge in [-0.2, -0.15) is 0 Å². The number of aromatic nitrogens is 1. The highest BCUT2D eigenvalue weighted by molar-refractivity contribution is 5.21. The van der Waals surface area contributed by atoms with Crippen molar-refractivity contribution in [2.75, 3.05) is 6.54 Å². The van der Waals surface area contributed by atoms with Crippen molar-refractivity contribution in [2.24, 2.45) is 5.92 Å². The molecule has 96 valence electrons. The van der Waals surface area contributed by atoms with Gasteiger partial charge in [0.1, 0.15) is 0 Å². The first-order chi connectivity index (χ1) is 8.31. The molecule has 1 heterocycles. The van der Waals surface area contributed by atoms with E-state index in [1.165, 1.54) is 49.9 Å². The van der Waals surface area contributed by atoms with Crippen molar-refractivity contribution >= 4 is 0 Å². The molecule has 1 aromatic heterocycles. The second kappa shape index (κ2) is 6.25. The molecular weight excluding hydrogens is 208 g/mol. The molecule has 1 aliphatic carbocycles. The van der Waals surface area contributed by atoms with Crippen LogP contribution < -0.4 is 5.32 Å². The fourth-order valence-corrected chi connectivity index (χ4v) is 2.89. The highest BCUT2D eigenvalue weighted by Crippen LogP contribution is 2.26. The zero-order valence-electron chi connectivity index (χ0n) is 11.3. The summed E-state index contributed by atoms with van der Waals surface area (Å²) in [4.78, 5) is 0. The molecule has 1 aliphatic rings. The third-order valence-corrected chi connectivity index (χ3v) is 4.10. The van der Waals surface area contributed by atoms with E-state index in [9.17, 15) is 0 Å². The molecule has 1 aromatic rings. The van der Waals surface area contributed by atoms with Crippen molar-refractivity contribution in [2.45, 2.75) is 59.0 Å². The van der Waals surface area contributed by atoms with Gasteiger partial charge in [-0.15, -0.1) is 0 Å². The normalized spacial score (nSPS) is 17.5. The first-order valence-corrected chi connectivity index (χ1v) is 7.16. The molecule has 0 unspecified atom stereocenters. The molecule has 0 radical (unpaired) electrons. The molecule has 1 saturated carbocycles. The van der Waals surface area contributed by atoms with Crippen LogP contribution in [0.25, 0.3) is 0 Å². The van der Waals surface area contributed by atoms with E-state index >= 15 is 0 Å². The topological polar surface area (TPSA) is 17.0 Å². The standard InChI is InChI=1S/C15H26N2/c1-3-16-11-15-9-10-17(13(15)2)12-14-7-5-4-6-8-14/h9-10,14,16H,3-8,11-12H2,1-2H3. The largest absolute Gasteiger partial charge is 0.351 e. The van der Waals surface area contributed by atoms with Crippen LogP contribution in [0.2, 0.25) is 0 Å². The summed E-state index contributed by atoms with van der Waals surface area (Å²) in [5, 5.41) is 3.41. The highest BCUT2D eigenvalue weighted by atomic mass is 15.0. The summed E-state index contributed by atoms with van der Waals surface area (Å²) in [5.41, 5.74) is 2.92. The van der Waals surface area contributed by atoms with Crippen molar-refractivity contribution in [3.8, 4) is 0 Å². The van der Waals surface area contributed by atoms with Crippen LogP contribution in [0.1, 0.15) is 50.3 Å². The van der Waals surface area contributed by atoms with Gasteiger partial charge in [0.25, 0.3) is 0 Å². The van der Waals surface area contributed by atoms with E-state index in [-0.39, 0.29) is 0 Å². The van der Waals surface area contributed by atoms with E-state index < -0.39 is 0 Å². The second-order valence-electron chi connectivity index (χ2n) is 5.36. The van der Waals surface area contributed by atoms with Crippen molar-refractivity contribution in [1.29, 1.82) is 0 Å². The Morgan fingerprint density at radius 2 is 2.06 bits per heavy atom. The molecule has 2 nitrogen and oxygen atoms in total. The van der Waals surface area contributed by atoms with Crippen LogP contribution in [-0.2, 0) is 13.1 Å². The lowest BCUT2D eigenvalue weighted by Crippen LogP contribution is -2.16. The van der Waals surface area contributed by atoms with Gasteiger partial charge in [0, 0.05) is 25.0 Å². The summed E-state index contributed by atoms with van der Waals surface area (Å²) in [5.74, 6) is 0.918. The predicted molar refractivity (Wildman–Crippen MR) is 73.1 cm³/mol. The van der Waals surface area contributed by atoms with Crippen LogP contribution in [0.15, 0.2) is 12.3 Å². The van der Waals surface area contributed by atoms with Gasteiger partial charge in [-0.05, 0) is 43.9 Å². The van der Waals surface area contributed by atoms with Gasteiger partial charge in [-0.1, -0.05) is 26.2 Å². The fraction of sp³-hybridized carbons (Fsp3) is 0.733. The lowest BCUT2D eigenvalue weighted by atomic mass is 9.89. The van der Waals surface area contributed by atoms with Gasteiger partial charge in [-0.25, -0.2) is 0 Å². The molecule has 0 amide bonds. The number of nitrogens with zero attached hydrogens (tertiary/aromatic N) is 1. The maximum Gasteiger partial charge on any atom is 0.0250 e. The minimum Gasteiger partial charge on any atom is -0.351 e. The van der Waals surface area contributed by atoms with E-state index in [2.05, 4.69) is 36.0 Å². The van der Waals surface area contributed by atoms with Crippen molar-refractivity contribution in [3.05, 3.63) is 23.5 Å². The highest BCUT2D eigenvalue weighted by Gasteiger charge is 2.15. The predicted octanol–water partition coefficient (Wildman–Crippen LogP) is 3.49. The number of nitrogens with one attached hydrogen (secondary N) is 1. The summed E-state index contributed by atoms with van der Waals surface area (Å²) in [6, 6.07) is 2.28. The average Bonchev–Trinajstić information content (AvgIpc) is 2.70. The van der Waals surface area contributed by atoms with Gasteiger partial charge in [0.05, 0.1) is 0 Å². The molecule has 1 fully saturated rings. The van der Waals surface area contributed by atoms with E-state index in [0.29, 0.717) is 0 Å². The summed E-state index contributed by atoms with van der Waals surface area (Å²) in [7, 11) is 0. The van der Waals surface area contributed by atoms with Gasteiger partial charge in [0.2, 0.25) is 0 Å². The molecule has 0 aliphatic heterocycles. The fourth-order valence-electron chi connectivity index (χ4n) is 2.89. The third kappa shape index (κ3) is 3.35. The lowest BCUT2D eigenvalue weighted by Gasteiger charge is -2.22. The Morgan fingerprint density at radius 1 is 1.29 bits per heavy atom. The minimum absolute atomic E-state index is 0.918. The Morgan fingerprint density at radius 3 is 2.76 bits per heavy atom. The van der Waals surface area contributed by atoms with Gasteiger partial charge >= 0.3 is 0 Å². The smallest absolute Gasteiger partial charge is 0.0250 e. The molecule has 17 heavy (non-hydrogen) atoms. The lowest BCUT2D eigenvalue weighted by molar-refractivity contribution is 0.317. The number of rotatable bonds is 5. The maximum atomic E-state index is 3.41. The first-order valence-electron chi connectivity index (χ1n) is 7.16. The van der Waals surface area contributed by atoms with Crippen LogP contribution in [0.4, 0.5) is 0 Å². The molecule has 0 spiro atoms. The van der Waals surface area contributed by atoms with Crippen LogP contribution in [0.3, 0.4) is 0 Å². The average molecular weight is 234 g/mol. The summed E-state index contributed by atoms with van der Waals surface area (Å²) in [6.45, 7) is 7.72. The monoisotopic (exact) mass is 234 g/mol. The molecular formula is C15H26N2. The second-order valence-corrected chi connectivity index (χ2v) is 5.36. The molecule has 0 bridgehead atoms. The van der Waals surface area contributed by atoms with Gasteiger partial charge in [0.15, 0.2) is 0 Å². The van der Waals surface area contributed by atoms with E-state index in [1.54, 1.807) is 0 Å². The Bertz CT molecular complexity index is 335. The van der Waals surface area contributed by atoms with E-state index in [1.807, 2.05) is 0 Å². The van der Waals surface area contributed by atoms with E-state index in [4.69, 9.17) is 0 Å². The quantitative estimate of drug-likeness (QED) is 0.825. The summed E-state index contributed by atoms with van der Waals surface area (Å²) >= 11 is 0. The van der Waals surface area contributed by atoms with E-state index in [0.717, 1.165) is 19.0 Å². The third-order valence-electron chi connectivity index (χ3n) is 4.10. The van der Waals surface area contributed by atoms with Crippen LogP contribution in [-0.4, -0.2) is 11.1 Å². The van der Waals surface area contributed by atoms with Crippen LogP contribution >= 0.6 is 0 Å². The SMILES string of the molecule is CCNCc1ccn(CC2CCCCC2)c1C. The molecule has 2 heteroatoms. The molecule has 2 rings (SSSR count). The summed E-state index contributed by atoms with van der Waals surface area (Å²) < 4.78 is 2.46. The van der Waals surface area contributed by atoms with Gasteiger partial charge in [-0.3, -0.25) is 0 Å². The number of hydrogen-bond donors (Lipinski definition) is 1. The Balaban J connectivity index is 1.93. The Kier molecular flexibility index (Phi) is 4.66. The molecule has 0 atom stereocenters. The van der Waals surface area contributed by atoms with Crippen molar-refractivity contribution in [1.82, 2.24) is 9.88 Å². The maximum absolute atomic E-state index is 3.41. The van der Waals surface area contributed by atoms with Crippen molar-refractivity contribution in [3.63, 3.8) is 0 Å². The molecule has 0 saturated heterocycles. The summed E-state index contributed by atoms with van der Waals surface area (Å²) in [6.07, 6.45) is 9.47. The Hall–Kier alpha value is -0.760. The number of hydrogen-bond acceptors (Lipinski definition) is 1. The molecule has 1 N–H and O–H groups in total. The van der Waals surface area contributed by atoms with Crippen molar-refractivity contribution < 1.29 is 0 Å². The van der Waals surface area contributed by atoms with Crippen LogP contribution in [0, 0.1) is 12.8 Å². The Labute approximate surface area is 105 Å². The molecule has 0 aromatic carbocycles. The minimum atomic E-state index is 0.918.